The SMILES string of the molecule is FC(F)(F)c1ccc2c(SCCCCCCn3cnc(CNc4ccccc4)c3)ccnc2c1. The van der Waals surface area contributed by atoms with E-state index in [0.717, 1.165) is 71.8 Å². The van der Waals surface area contributed by atoms with Crippen molar-refractivity contribution in [2.45, 2.75) is 49.8 Å². The lowest BCUT2D eigenvalue weighted by Crippen LogP contribution is -2.04. The molecule has 0 radical (unpaired) electrons. The van der Waals surface area contributed by atoms with Gasteiger partial charge in [0.1, 0.15) is 0 Å². The number of anilines is 1. The molecule has 0 bridgehead atoms. The molecule has 8 heteroatoms. The molecule has 4 nitrogen and oxygen atoms in total. The summed E-state index contributed by atoms with van der Waals surface area (Å²) in [5.74, 6) is 0.931. The highest BCUT2D eigenvalue weighted by Gasteiger charge is 2.30. The maximum Gasteiger partial charge on any atom is 0.416 e. The maximum atomic E-state index is 12.9. The van der Waals surface area contributed by atoms with Gasteiger partial charge in [0.25, 0.3) is 0 Å². The molecule has 178 valence electrons. The first-order valence-corrected chi connectivity index (χ1v) is 12.4. The highest BCUT2D eigenvalue weighted by atomic mass is 32.2. The molecule has 0 aliphatic heterocycles. The number of para-hydroxylation sites is 1. The van der Waals surface area contributed by atoms with E-state index in [9.17, 15) is 13.2 Å². The van der Waals surface area contributed by atoms with Crippen LogP contribution in [0.4, 0.5) is 18.9 Å². The molecule has 0 spiro atoms. The van der Waals surface area contributed by atoms with Gasteiger partial charge in [-0.3, -0.25) is 4.98 Å². The summed E-state index contributed by atoms with van der Waals surface area (Å²) in [6, 6.07) is 15.7. The maximum absolute atomic E-state index is 12.9. The summed E-state index contributed by atoms with van der Waals surface area (Å²) in [7, 11) is 0. The lowest BCUT2D eigenvalue weighted by atomic mass is 10.1. The minimum Gasteiger partial charge on any atom is -0.379 e. The van der Waals surface area contributed by atoms with Gasteiger partial charge in [0.15, 0.2) is 0 Å². The molecule has 0 aliphatic carbocycles. The van der Waals surface area contributed by atoms with Crippen molar-refractivity contribution in [3.8, 4) is 0 Å². The Morgan fingerprint density at radius 3 is 2.56 bits per heavy atom. The Kier molecular flexibility index (Phi) is 8.11. The lowest BCUT2D eigenvalue weighted by molar-refractivity contribution is -0.137. The van der Waals surface area contributed by atoms with Gasteiger partial charge in [-0.25, -0.2) is 4.98 Å². The fourth-order valence-electron chi connectivity index (χ4n) is 3.72. The van der Waals surface area contributed by atoms with E-state index in [2.05, 4.69) is 26.0 Å². The van der Waals surface area contributed by atoms with Gasteiger partial charge in [0, 0.05) is 34.9 Å². The van der Waals surface area contributed by atoms with Crippen molar-refractivity contribution in [3.63, 3.8) is 0 Å². The van der Waals surface area contributed by atoms with Crippen molar-refractivity contribution in [1.29, 1.82) is 0 Å². The third-order valence-electron chi connectivity index (χ3n) is 5.53. The number of rotatable bonds is 11. The molecule has 0 saturated carbocycles. The number of nitrogens with zero attached hydrogens (tertiary/aromatic N) is 3. The van der Waals surface area contributed by atoms with Crippen LogP contribution in [0.15, 0.2) is 78.2 Å². The molecular weight excluding hydrogens is 457 g/mol. The van der Waals surface area contributed by atoms with Gasteiger partial charge in [0.2, 0.25) is 0 Å². The smallest absolute Gasteiger partial charge is 0.379 e. The molecule has 34 heavy (non-hydrogen) atoms. The fraction of sp³-hybridized carbons (Fsp3) is 0.308. The number of fused-ring (bicyclic) bond motifs is 1. The van der Waals surface area contributed by atoms with Gasteiger partial charge in [-0.1, -0.05) is 37.1 Å². The Bertz CT molecular complexity index is 1190. The summed E-state index contributed by atoms with van der Waals surface area (Å²) in [5.41, 5.74) is 1.83. The van der Waals surface area contributed by atoms with Crippen LogP contribution in [0.5, 0.6) is 0 Å². The number of thioether (sulfide) groups is 1. The molecule has 4 aromatic rings. The average molecular weight is 485 g/mol. The molecule has 2 heterocycles. The normalized spacial score (nSPS) is 11.7. The molecule has 0 amide bonds. The van der Waals surface area contributed by atoms with Crippen LogP contribution in [-0.2, 0) is 19.3 Å². The van der Waals surface area contributed by atoms with Gasteiger partial charge >= 0.3 is 6.18 Å². The van der Waals surface area contributed by atoms with E-state index in [0.29, 0.717) is 12.1 Å². The first-order chi connectivity index (χ1) is 16.5. The predicted octanol–water partition coefficient (Wildman–Crippen LogP) is 7.41. The zero-order valence-electron chi connectivity index (χ0n) is 18.8. The van der Waals surface area contributed by atoms with Gasteiger partial charge in [-0.05, 0) is 48.9 Å². The number of nitrogens with one attached hydrogen (secondary N) is 1. The minimum absolute atomic E-state index is 0.387. The topological polar surface area (TPSA) is 42.7 Å². The molecule has 2 aromatic heterocycles. The molecule has 0 unspecified atom stereocenters. The van der Waals surface area contributed by atoms with E-state index in [1.54, 1.807) is 18.0 Å². The van der Waals surface area contributed by atoms with E-state index >= 15 is 0 Å². The quantitative estimate of drug-likeness (QED) is 0.178. The van der Waals surface area contributed by atoms with Crippen LogP contribution in [0.25, 0.3) is 10.9 Å². The number of benzene rings is 2. The fourth-order valence-corrected chi connectivity index (χ4v) is 4.78. The van der Waals surface area contributed by atoms with E-state index in [-0.39, 0.29) is 0 Å². The first kappa shape index (κ1) is 24.1. The molecule has 2 aromatic carbocycles. The highest BCUT2D eigenvalue weighted by Crippen LogP contribution is 2.34. The second kappa shape index (κ2) is 11.4. The molecule has 0 aliphatic rings. The number of hydrogen-bond acceptors (Lipinski definition) is 4. The van der Waals surface area contributed by atoms with Crippen LogP contribution in [0.3, 0.4) is 0 Å². The van der Waals surface area contributed by atoms with Crippen molar-refractivity contribution in [3.05, 3.63) is 84.6 Å². The zero-order chi connectivity index (χ0) is 23.8. The second-order valence-corrected chi connectivity index (χ2v) is 9.26. The van der Waals surface area contributed by atoms with Crippen LogP contribution in [0.2, 0.25) is 0 Å². The number of imidazole rings is 1. The Balaban J connectivity index is 1.15. The molecule has 4 rings (SSSR count). The van der Waals surface area contributed by atoms with Gasteiger partial charge in [-0.2, -0.15) is 13.2 Å². The Hall–Kier alpha value is -3.00. The van der Waals surface area contributed by atoms with Gasteiger partial charge in [0.05, 0.1) is 29.6 Å². The summed E-state index contributed by atoms with van der Waals surface area (Å²) in [6.45, 7) is 1.65. The number of aromatic nitrogens is 3. The minimum atomic E-state index is -4.35. The van der Waals surface area contributed by atoms with Crippen molar-refractivity contribution in [2.24, 2.45) is 0 Å². The van der Waals surface area contributed by atoms with Gasteiger partial charge < -0.3 is 9.88 Å². The number of aryl methyl sites for hydroxylation is 1. The largest absolute Gasteiger partial charge is 0.416 e. The molecular formula is C26H27F3N4S. The standard InChI is InChI=1S/C26H27F3N4S/c27-26(28,29)20-10-11-23-24(16-20)30-13-12-25(23)34-15-7-2-1-6-14-33-18-22(32-19-33)17-31-21-8-4-3-5-9-21/h3-5,8-13,16,18-19,31H,1-2,6-7,14-15,17H2. The Morgan fingerprint density at radius 1 is 0.912 bits per heavy atom. The third-order valence-corrected chi connectivity index (χ3v) is 6.69. The average Bonchev–Trinajstić information content (AvgIpc) is 3.29. The first-order valence-electron chi connectivity index (χ1n) is 11.4. The summed E-state index contributed by atoms with van der Waals surface area (Å²) in [4.78, 5) is 9.56. The van der Waals surface area contributed by atoms with Gasteiger partial charge in [-0.15, -0.1) is 11.8 Å². The molecule has 0 saturated heterocycles. The number of hydrogen-bond donors (Lipinski definition) is 1. The van der Waals surface area contributed by atoms with Crippen molar-refractivity contribution < 1.29 is 13.2 Å². The Morgan fingerprint density at radius 2 is 1.74 bits per heavy atom. The Labute approximate surface area is 201 Å². The number of pyridine rings is 1. The summed E-state index contributed by atoms with van der Waals surface area (Å²) >= 11 is 1.68. The highest BCUT2D eigenvalue weighted by molar-refractivity contribution is 7.99. The van der Waals surface area contributed by atoms with E-state index in [1.165, 1.54) is 6.07 Å². The summed E-state index contributed by atoms with van der Waals surface area (Å²) in [6.07, 6.45) is 5.60. The van der Waals surface area contributed by atoms with E-state index < -0.39 is 11.7 Å². The molecule has 1 N–H and O–H groups in total. The van der Waals surface area contributed by atoms with Crippen LogP contribution >= 0.6 is 11.8 Å². The summed E-state index contributed by atoms with van der Waals surface area (Å²) in [5, 5.41) is 4.14. The number of alkyl halides is 3. The number of halogens is 3. The number of unbranched alkanes of at least 4 members (excludes halogenated alkanes) is 3. The monoisotopic (exact) mass is 484 g/mol. The van der Waals surface area contributed by atoms with Crippen molar-refractivity contribution in [1.82, 2.24) is 14.5 Å². The van der Waals surface area contributed by atoms with Crippen LogP contribution < -0.4 is 5.32 Å². The van der Waals surface area contributed by atoms with E-state index in [4.69, 9.17) is 0 Å². The third kappa shape index (κ3) is 6.76. The van der Waals surface area contributed by atoms with Crippen molar-refractivity contribution in [2.75, 3.05) is 11.1 Å². The van der Waals surface area contributed by atoms with Crippen LogP contribution in [0.1, 0.15) is 36.9 Å². The predicted molar refractivity (Wildman–Crippen MR) is 132 cm³/mol. The second-order valence-electron chi connectivity index (χ2n) is 8.12. The summed E-state index contributed by atoms with van der Waals surface area (Å²) < 4.78 is 40.9. The zero-order valence-corrected chi connectivity index (χ0v) is 19.6. The van der Waals surface area contributed by atoms with Crippen LogP contribution in [0, 0.1) is 0 Å². The molecule has 0 atom stereocenters. The van der Waals surface area contributed by atoms with Crippen LogP contribution in [-0.4, -0.2) is 20.3 Å². The molecule has 0 fully saturated rings. The van der Waals surface area contributed by atoms with Crippen molar-refractivity contribution >= 4 is 28.4 Å². The van der Waals surface area contributed by atoms with E-state index in [1.807, 2.05) is 42.7 Å². The lowest BCUT2D eigenvalue weighted by Gasteiger charge is -2.10.